The molecule has 8 nitrogen and oxygen atoms in total. The summed E-state index contributed by atoms with van der Waals surface area (Å²) in [5.74, 6) is 1.78. The largest absolute Gasteiger partial charge is 0.496 e. The van der Waals surface area contributed by atoms with E-state index in [9.17, 15) is 9.59 Å². The van der Waals surface area contributed by atoms with Gasteiger partial charge in [0.2, 0.25) is 12.7 Å². The maximum absolute atomic E-state index is 12.3. The number of hydrogen-bond donors (Lipinski definition) is 1. The van der Waals surface area contributed by atoms with Crippen molar-refractivity contribution in [2.24, 2.45) is 0 Å². The minimum Gasteiger partial charge on any atom is -0.496 e. The normalized spacial score (nSPS) is 11.9. The van der Waals surface area contributed by atoms with Gasteiger partial charge in [-0.15, -0.1) is 0 Å². The van der Waals surface area contributed by atoms with Gasteiger partial charge in [-0.1, -0.05) is 18.2 Å². The highest BCUT2D eigenvalue weighted by Crippen LogP contribution is 2.35. The Balaban J connectivity index is 1.41. The zero-order chi connectivity index (χ0) is 20.9. The number of nitrogens with zero attached hydrogens (tertiary/aromatic N) is 2. The zero-order valence-corrected chi connectivity index (χ0v) is 16.5. The average Bonchev–Trinajstić information content (AvgIpc) is 3.23. The molecule has 4 rings (SSSR count). The number of fused-ring (bicyclic) bond motifs is 1. The highest BCUT2D eigenvalue weighted by molar-refractivity contribution is 5.75. The lowest BCUT2D eigenvalue weighted by Gasteiger charge is -2.10. The summed E-state index contributed by atoms with van der Waals surface area (Å²) >= 11 is 0. The monoisotopic (exact) mass is 407 g/mol. The van der Waals surface area contributed by atoms with Gasteiger partial charge in [0.1, 0.15) is 12.3 Å². The molecule has 2 heterocycles. The highest BCUT2D eigenvalue weighted by Gasteiger charge is 2.15. The number of methoxy groups -OCH3 is 1. The molecule has 0 aliphatic carbocycles. The number of para-hydroxylation sites is 1. The molecular weight excluding hydrogens is 386 g/mol. The molecule has 8 heteroatoms. The molecule has 1 N–H and O–H groups in total. The Hall–Kier alpha value is -3.81. The van der Waals surface area contributed by atoms with Crippen LogP contribution in [0.2, 0.25) is 0 Å². The second-order valence-corrected chi connectivity index (χ2v) is 6.69. The molecule has 0 saturated carbocycles. The zero-order valence-electron chi connectivity index (χ0n) is 16.5. The molecule has 2 aromatic carbocycles. The lowest BCUT2D eigenvalue weighted by molar-refractivity contribution is -0.121. The molecule has 1 aliphatic rings. The minimum absolute atomic E-state index is 0.164. The van der Waals surface area contributed by atoms with Gasteiger partial charge in [0.25, 0.3) is 5.56 Å². The topological polar surface area (TPSA) is 91.7 Å². The molecule has 30 heavy (non-hydrogen) atoms. The first-order valence-electron chi connectivity index (χ1n) is 9.51. The van der Waals surface area contributed by atoms with Crippen LogP contribution in [-0.2, 0) is 17.8 Å². The van der Waals surface area contributed by atoms with Crippen molar-refractivity contribution < 1.29 is 19.0 Å². The number of hydrogen-bond acceptors (Lipinski definition) is 6. The third-order valence-corrected chi connectivity index (χ3v) is 4.74. The van der Waals surface area contributed by atoms with Gasteiger partial charge in [-0.25, -0.2) is 4.68 Å². The van der Waals surface area contributed by atoms with Crippen LogP contribution in [0.3, 0.4) is 0 Å². The second kappa shape index (κ2) is 8.69. The van der Waals surface area contributed by atoms with Crippen molar-refractivity contribution >= 4 is 5.91 Å². The first-order valence-corrected chi connectivity index (χ1v) is 9.51. The number of carbonyl (C=O) groups is 1. The summed E-state index contributed by atoms with van der Waals surface area (Å²) in [6.45, 7) is 0.444. The predicted molar refractivity (Wildman–Crippen MR) is 110 cm³/mol. The van der Waals surface area contributed by atoms with E-state index in [1.54, 1.807) is 25.3 Å². The fourth-order valence-corrected chi connectivity index (χ4v) is 3.21. The Morgan fingerprint density at radius 2 is 1.97 bits per heavy atom. The Labute approximate surface area is 173 Å². The Morgan fingerprint density at radius 1 is 1.13 bits per heavy atom. The maximum atomic E-state index is 12.3. The summed E-state index contributed by atoms with van der Waals surface area (Å²) in [4.78, 5) is 24.5. The molecule has 1 aromatic heterocycles. The van der Waals surface area contributed by atoms with E-state index in [0.29, 0.717) is 30.2 Å². The maximum Gasteiger partial charge on any atom is 0.267 e. The van der Waals surface area contributed by atoms with Gasteiger partial charge >= 0.3 is 0 Å². The number of amides is 1. The van der Waals surface area contributed by atoms with Crippen LogP contribution in [0.25, 0.3) is 11.3 Å². The SMILES string of the molecule is COc1ccccc1CCNC(=O)Cn1nc(-c2ccc3c(c2)OCO3)ccc1=O. The van der Waals surface area contributed by atoms with Gasteiger partial charge in [-0.2, -0.15) is 5.10 Å². The fourth-order valence-electron chi connectivity index (χ4n) is 3.21. The lowest BCUT2D eigenvalue weighted by Crippen LogP contribution is -2.34. The van der Waals surface area contributed by atoms with Crippen molar-refractivity contribution in [1.29, 1.82) is 0 Å². The molecular formula is C22H21N3O5. The van der Waals surface area contributed by atoms with E-state index in [4.69, 9.17) is 14.2 Å². The summed E-state index contributed by atoms with van der Waals surface area (Å²) in [7, 11) is 1.61. The quantitative estimate of drug-likeness (QED) is 0.644. The van der Waals surface area contributed by atoms with E-state index < -0.39 is 0 Å². The number of nitrogens with one attached hydrogen (secondary N) is 1. The summed E-state index contributed by atoms with van der Waals surface area (Å²) in [6, 6.07) is 16.1. The van der Waals surface area contributed by atoms with Crippen molar-refractivity contribution in [1.82, 2.24) is 15.1 Å². The first kappa shape index (κ1) is 19.5. The third kappa shape index (κ3) is 4.27. The molecule has 0 bridgehead atoms. The molecule has 0 atom stereocenters. The predicted octanol–water partition coefficient (Wildman–Crippen LogP) is 2.01. The van der Waals surface area contributed by atoms with Crippen molar-refractivity contribution in [2.75, 3.05) is 20.4 Å². The van der Waals surface area contributed by atoms with Crippen molar-refractivity contribution in [3.05, 3.63) is 70.5 Å². The first-order chi connectivity index (χ1) is 14.6. The van der Waals surface area contributed by atoms with Crippen molar-refractivity contribution in [3.8, 4) is 28.5 Å². The van der Waals surface area contributed by atoms with E-state index in [0.717, 1.165) is 21.6 Å². The molecule has 3 aromatic rings. The van der Waals surface area contributed by atoms with Crippen molar-refractivity contribution in [2.45, 2.75) is 13.0 Å². The van der Waals surface area contributed by atoms with Gasteiger partial charge in [-0.3, -0.25) is 9.59 Å². The third-order valence-electron chi connectivity index (χ3n) is 4.74. The molecule has 0 unspecified atom stereocenters. The molecule has 0 spiro atoms. The van der Waals surface area contributed by atoms with E-state index in [-0.39, 0.29) is 24.8 Å². The van der Waals surface area contributed by atoms with E-state index in [1.807, 2.05) is 30.3 Å². The van der Waals surface area contributed by atoms with Crippen LogP contribution in [0.15, 0.2) is 59.4 Å². The molecule has 0 saturated heterocycles. The van der Waals surface area contributed by atoms with Gasteiger partial charge < -0.3 is 19.5 Å². The Morgan fingerprint density at radius 3 is 2.83 bits per heavy atom. The number of carbonyl (C=O) groups excluding carboxylic acids is 1. The summed E-state index contributed by atoms with van der Waals surface area (Å²) in [5.41, 5.74) is 1.99. The van der Waals surface area contributed by atoms with E-state index in [1.165, 1.54) is 6.07 Å². The van der Waals surface area contributed by atoms with Gasteiger partial charge in [0.15, 0.2) is 11.5 Å². The van der Waals surface area contributed by atoms with E-state index in [2.05, 4.69) is 10.4 Å². The number of benzene rings is 2. The van der Waals surface area contributed by atoms with Crippen LogP contribution in [0.5, 0.6) is 17.2 Å². The van der Waals surface area contributed by atoms with Crippen molar-refractivity contribution in [3.63, 3.8) is 0 Å². The molecule has 1 aliphatic heterocycles. The van der Waals surface area contributed by atoms with Crippen LogP contribution in [-0.4, -0.2) is 36.1 Å². The van der Waals surface area contributed by atoms with Crippen LogP contribution in [0.1, 0.15) is 5.56 Å². The smallest absolute Gasteiger partial charge is 0.267 e. The van der Waals surface area contributed by atoms with Gasteiger partial charge in [-0.05, 0) is 42.3 Å². The fraction of sp³-hybridized carbons (Fsp3) is 0.227. The summed E-state index contributed by atoms with van der Waals surface area (Å²) < 4.78 is 17.2. The average molecular weight is 407 g/mol. The van der Waals surface area contributed by atoms with Crippen LogP contribution in [0.4, 0.5) is 0 Å². The molecule has 0 fully saturated rings. The molecule has 1 amide bonds. The van der Waals surface area contributed by atoms with Gasteiger partial charge in [0, 0.05) is 18.2 Å². The lowest BCUT2D eigenvalue weighted by atomic mass is 10.1. The molecule has 0 radical (unpaired) electrons. The number of rotatable bonds is 7. The second-order valence-electron chi connectivity index (χ2n) is 6.69. The van der Waals surface area contributed by atoms with E-state index >= 15 is 0 Å². The minimum atomic E-state index is -0.348. The van der Waals surface area contributed by atoms with Crippen LogP contribution < -0.4 is 25.1 Å². The van der Waals surface area contributed by atoms with Gasteiger partial charge in [0.05, 0.1) is 12.8 Å². The summed E-state index contributed by atoms with van der Waals surface area (Å²) in [5, 5.41) is 7.15. The van der Waals surface area contributed by atoms with Crippen LogP contribution >= 0.6 is 0 Å². The molecule has 154 valence electrons. The Kier molecular flexibility index (Phi) is 5.65. The number of aromatic nitrogens is 2. The standard InChI is InChI=1S/C22H21N3O5/c1-28-18-5-3-2-4-15(18)10-11-23-21(26)13-25-22(27)9-7-17(24-25)16-6-8-19-20(12-16)30-14-29-19/h2-9,12H,10-11,13-14H2,1H3,(H,23,26). The summed E-state index contributed by atoms with van der Waals surface area (Å²) in [6.07, 6.45) is 0.620. The highest BCUT2D eigenvalue weighted by atomic mass is 16.7. The number of ether oxygens (including phenoxy) is 3. The Bertz CT molecular complexity index is 1130. The van der Waals surface area contributed by atoms with Crippen LogP contribution in [0, 0.1) is 0 Å².